The highest BCUT2D eigenvalue weighted by Gasteiger charge is 2.03. The van der Waals surface area contributed by atoms with Gasteiger partial charge in [-0.15, -0.1) is 0 Å². The van der Waals surface area contributed by atoms with Gasteiger partial charge in [0.1, 0.15) is 0 Å². The molecule has 0 aliphatic heterocycles. The van der Waals surface area contributed by atoms with Gasteiger partial charge in [0.25, 0.3) is 0 Å². The van der Waals surface area contributed by atoms with Gasteiger partial charge in [0.15, 0.2) is 0 Å². The first-order valence-corrected chi connectivity index (χ1v) is 6.76. The van der Waals surface area contributed by atoms with Gasteiger partial charge in [-0.2, -0.15) is 0 Å². The van der Waals surface area contributed by atoms with Crippen LogP contribution in [0.15, 0.2) is 18.2 Å². The number of hydrogen-bond acceptors (Lipinski definition) is 0. The van der Waals surface area contributed by atoms with Gasteiger partial charge < -0.3 is 0 Å². The molecule has 0 heteroatoms. The van der Waals surface area contributed by atoms with Crippen LogP contribution in [0.2, 0.25) is 0 Å². The molecule has 0 atom stereocenters. The minimum absolute atomic E-state index is 1.06. The SMILES string of the molecule is [CH]=CCCCCCCc1ccc(C)c(C)c1C. The molecule has 0 saturated carbocycles. The van der Waals surface area contributed by atoms with Gasteiger partial charge >= 0.3 is 0 Å². The van der Waals surface area contributed by atoms with Crippen molar-refractivity contribution in [1.29, 1.82) is 0 Å². The van der Waals surface area contributed by atoms with Crippen LogP contribution in [0.3, 0.4) is 0 Å². The quantitative estimate of drug-likeness (QED) is 0.571. The van der Waals surface area contributed by atoms with Crippen molar-refractivity contribution in [2.75, 3.05) is 0 Å². The van der Waals surface area contributed by atoms with E-state index in [1.165, 1.54) is 54.4 Å². The van der Waals surface area contributed by atoms with E-state index in [2.05, 4.69) is 32.9 Å². The van der Waals surface area contributed by atoms with Gasteiger partial charge in [0.05, 0.1) is 0 Å². The summed E-state index contributed by atoms with van der Waals surface area (Å²) >= 11 is 0. The van der Waals surface area contributed by atoms with E-state index >= 15 is 0 Å². The summed E-state index contributed by atoms with van der Waals surface area (Å²) in [6.07, 6.45) is 9.21. The van der Waals surface area contributed by atoms with Crippen molar-refractivity contribution in [2.24, 2.45) is 0 Å². The number of unbranched alkanes of at least 4 members (excludes halogenated alkanes) is 4. The number of rotatable bonds is 7. The van der Waals surface area contributed by atoms with E-state index in [1.807, 2.05) is 0 Å². The molecule has 0 unspecified atom stereocenters. The zero-order valence-electron chi connectivity index (χ0n) is 11.6. The van der Waals surface area contributed by atoms with Gasteiger partial charge in [0, 0.05) is 0 Å². The fourth-order valence-corrected chi connectivity index (χ4v) is 2.21. The second-order valence-corrected chi connectivity index (χ2v) is 4.98. The maximum Gasteiger partial charge on any atom is -0.0276 e. The lowest BCUT2D eigenvalue weighted by Crippen LogP contribution is -1.95. The van der Waals surface area contributed by atoms with Crippen LogP contribution < -0.4 is 0 Å². The Balaban J connectivity index is 2.37. The molecule has 93 valence electrons. The van der Waals surface area contributed by atoms with E-state index in [0.29, 0.717) is 0 Å². The predicted molar refractivity (Wildman–Crippen MR) is 76.3 cm³/mol. The third-order valence-electron chi connectivity index (χ3n) is 3.74. The Morgan fingerprint density at radius 2 is 1.65 bits per heavy atom. The lowest BCUT2D eigenvalue weighted by atomic mass is 9.95. The molecule has 0 fully saturated rings. The monoisotopic (exact) mass is 229 g/mol. The Kier molecular flexibility index (Phi) is 6.04. The second kappa shape index (κ2) is 7.32. The molecule has 0 nitrogen and oxygen atoms in total. The molecule has 0 bridgehead atoms. The van der Waals surface area contributed by atoms with E-state index in [9.17, 15) is 0 Å². The summed E-state index contributed by atoms with van der Waals surface area (Å²) in [5.74, 6) is 0. The standard InChI is InChI=1S/C17H25/c1-5-6-7-8-9-10-11-17-13-12-14(2)15(3)16(17)4/h1,5,12-13H,6-11H2,2-4H3. The normalized spacial score (nSPS) is 10.5. The van der Waals surface area contributed by atoms with Crippen LogP contribution >= 0.6 is 0 Å². The molecule has 0 aliphatic rings. The molecular formula is C17H25. The molecular weight excluding hydrogens is 204 g/mol. The van der Waals surface area contributed by atoms with Crippen molar-refractivity contribution in [3.8, 4) is 0 Å². The van der Waals surface area contributed by atoms with Crippen molar-refractivity contribution >= 4 is 0 Å². The first kappa shape index (κ1) is 14.0. The Hall–Kier alpha value is -1.04. The van der Waals surface area contributed by atoms with E-state index in [4.69, 9.17) is 6.58 Å². The molecule has 1 aromatic rings. The number of benzene rings is 1. The molecule has 0 aromatic heterocycles. The molecule has 1 aromatic carbocycles. The van der Waals surface area contributed by atoms with Crippen molar-refractivity contribution in [3.05, 3.63) is 47.0 Å². The fraction of sp³-hybridized carbons (Fsp3) is 0.529. The summed E-state index contributed by atoms with van der Waals surface area (Å²) < 4.78 is 0. The summed E-state index contributed by atoms with van der Waals surface area (Å²) in [5, 5.41) is 0. The van der Waals surface area contributed by atoms with E-state index in [1.54, 1.807) is 6.08 Å². The Labute approximate surface area is 107 Å². The summed E-state index contributed by atoms with van der Waals surface area (Å²) in [7, 11) is 0. The highest BCUT2D eigenvalue weighted by molar-refractivity contribution is 5.38. The van der Waals surface area contributed by atoms with Crippen LogP contribution in [0.25, 0.3) is 0 Å². The molecule has 0 heterocycles. The average Bonchev–Trinajstić information content (AvgIpc) is 2.33. The summed E-state index contributed by atoms with van der Waals surface area (Å²) in [6, 6.07) is 4.55. The van der Waals surface area contributed by atoms with Gasteiger partial charge in [-0.3, -0.25) is 0 Å². The third-order valence-corrected chi connectivity index (χ3v) is 3.74. The second-order valence-electron chi connectivity index (χ2n) is 4.98. The van der Waals surface area contributed by atoms with Crippen LogP contribution in [-0.4, -0.2) is 0 Å². The maximum atomic E-state index is 5.36. The minimum Gasteiger partial charge on any atom is -0.0845 e. The number of hydrogen-bond donors (Lipinski definition) is 0. The summed E-state index contributed by atoms with van der Waals surface area (Å²) in [6.45, 7) is 12.0. The molecule has 0 saturated heterocycles. The Morgan fingerprint density at radius 3 is 2.35 bits per heavy atom. The van der Waals surface area contributed by atoms with Crippen LogP contribution in [0.4, 0.5) is 0 Å². The largest absolute Gasteiger partial charge is 0.0845 e. The predicted octanol–water partition coefficient (Wildman–Crippen LogP) is 5.09. The van der Waals surface area contributed by atoms with Crippen LogP contribution in [-0.2, 0) is 6.42 Å². The smallest absolute Gasteiger partial charge is 0.0276 e. The zero-order valence-corrected chi connectivity index (χ0v) is 11.6. The van der Waals surface area contributed by atoms with Crippen LogP contribution in [0.1, 0.15) is 54.4 Å². The molecule has 0 amide bonds. The molecule has 0 N–H and O–H groups in total. The lowest BCUT2D eigenvalue weighted by molar-refractivity contribution is 0.645. The van der Waals surface area contributed by atoms with Gasteiger partial charge in [0.2, 0.25) is 0 Å². The molecule has 1 radical (unpaired) electrons. The Morgan fingerprint density at radius 1 is 0.941 bits per heavy atom. The molecule has 0 aliphatic carbocycles. The van der Waals surface area contributed by atoms with Crippen LogP contribution in [0.5, 0.6) is 0 Å². The average molecular weight is 229 g/mol. The highest BCUT2D eigenvalue weighted by Crippen LogP contribution is 2.19. The minimum atomic E-state index is 1.06. The third kappa shape index (κ3) is 4.38. The van der Waals surface area contributed by atoms with Gasteiger partial charge in [-0.05, 0) is 68.7 Å². The molecule has 0 spiro atoms. The first-order valence-electron chi connectivity index (χ1n) is 6.76. The number of aryl methyl sites for hydroxylation is 2. The molecule has 17 heavy (non-hydrogen) atoms. The van der Waals surface area contributed by atoms with E-state index in [-0.39, 0.29) is 0 Å². The van der Waals surface area contributed by atoms with Crippen molar-refractivity contribution in [1.82, 2.24) is 0 Å². The van der Waals surface area contributed by atoms with Crippen LogP contribution in [0, 0.1) is 27.4 Å². The summed E-state index contributed by atoms with van der Waals surface area (Å²) in [4.78, 5) is 0. The van der Waals surface area contributed by atoms with Crippen molar-refractivity contribution < 1.29 is 0 Å². The van der Waals surface area contributed by atoms with E-state index in [0.717, 1.165) is 6.42 Å². The zero-order chi connectivity index (χ0) is 12.7. The highest BCUT2D eigenvalue weighted by atomic mass is 14.1. The van der Waals surface area contributed by atoms with Gasteiger partial charge in [-0.1, -0.05) is 37.6 Å². The maximum absolute atomic E-state index is 5.36. The molecule has 1 rings (SSSR count). The number of allylic oxidation sites excluding steroid dienone is 1. The fourth-order valence-electron chi connectivity index (χ4n) is 2.21. The first-order chi connectivity index (χ1) is 8.16. The van der Waals surface area contributed by atoms with Crippen molar-refractivity contribution in [2.45, 2.75) is 59.3 Å². The Bertz CT molecular complexity index is 361. The topological polar surface area (TPSA) is 0 Å². The lowest BCUT2D eigenvalue weighted by Gasteiger charge is -2.11. The van der Waals surface area contributed by atoms with Gasteiger partial charge in [-0.25, -0.2) is 0 Å². The van der Waals surface area contributed by atoms with Crippen molar-refractivity contribution in [3.63, 3.8) is 0 Å². The summed E-state index contributed by atoms with van der Waals surface area (Å²) in [5.41, 5.74) is 5.88. The van der Waals surface area contributed by atoms with E-state index < -0.39 is 0 Å².